The van der Waals surface area contributed by atoms with Crippen molar-refractivity contribution in [3.63, 3.8) is 0 Å². The van der Waals surface area contributed by atoms with Gasteiger partial charge in [-0.3, -0.25) is 5.10 Å². The number of nitrogens with zero attached hydrogens (tertiary/aromatic N) is 2. The Kier molecular flexibility index (Phi) is 4.04. The van der Waals surface area contributed by atoms with Gasteiger partial charge in [-0.15, -0.1) is 0 Å². The molecular formula is C16H21N5O2. The molecule has 1 aromatic carbocycles. The first-order valence-corrected chi connectivity index (χ1v) is 7.69. The van der Waals surface area contributed by atoms with Crippen molar-refractivity contribution in [3.05, 3.63) is 30.1 Å². The highest BCUT2D eigenvalue weighted by Crippen LogP contribution is 2.39. The van der Waals surface area contributed by atoms with Gasteiger partial charge < -0.3 is 15.7 Å². The molecule has 1 aromatic heterocycles. The molecule has 2 amide bonds. The van der Waals surface area contributed by atoms with E-state index in [1.807, 2.05) is 32.0 Å². The minimum atomic E-state index is -0.567. The number of hydrogen-bond acceptors (Lipinski definition) is 4. The third-order valence-corrected chi connectivity index (χ3v) is 4.18. The molecule has 1 heterocycles. The Morgan fingerprint density at radius 2 is 2.26 bits per heavy atom. The maximum Gasteiger partial charge on any atom is 0.319 e. The SMILES string of the molecule is Cc1nc(-c2cccc(NC(=O)NC(C)(CO)C3CC3)c2)n[nH]1. The summed E-state index contributed by atoms with van der Waals surface area (Å²) in [6.45, 7) is 3.64. The van der Waals surface area contributed by atoms with E-state index < -0.39 is 5.54 Å². The van der Waals surface area contributed by atoms with Crippen LogP contribution in [0.1, 0.15) is 25.6 Å². The predicted molar refractivity (Wildman–Crippen MR) is 86.9 cm³/mol. The van der Waals surface area contributed by atoms with Crippen molar-refractivity contribution >= 4 is 11.7 Å². The molecule has 1 atom stereocenters. The lowest BCUT2D eigenvalue weighted by Crippen LogP contribution is -2.52. The first kappa shape index (κ1) is 15.5. The van der Waals surface area contributed by atoms with Crippen LogP contribution >= 0.6 is 0 Å². The quantitative estimate of drug-likeness (QED) is 0.678. The molecule has 3 rings (SSSR count). The van der Waals surface area contributed by atoms with Crippen molar-refractivity contribution < 1.29 is 9.90 Å². The Bertz CT molecular complexity index is 710. The minimum Gasteiger partial charge on any atom is -0.394 e. The number of amides is 2. The molecule has 0 spiro atoms. The van der Waals surface area contributed by atoms with Gasteiger partial charge in [-0.25, -0.2) is 9.78 Å². The summed E-state index contributed by atoms with van der Waals surface area (Å²) in [6.07, 6.45) is 2.08. The fourth-order valence-electron chi connectivity index (χ4n) is 2.62. The Morgan fingerprint density at radius 3 is 2.87 bits per heavy atom. The van der Waals surface area contributed by atoms with Crippen molar-refractivity contribution in [2.45, 2.75) is 32.2 Å². The number of aliphatic hydroxyl groups is 1. The highest BCUT2D eigenvalue weighted by Gasteiger charge is 2.42. The third-order valence-electron chi connectivity index (χ3n) is 4.18. The van der Waals surface area contributed by atoms with Gasteiger partial charge >= 0.3 is 6.03 Å². The Balaban J connectivity index is 1.69. The zero-order valence-electron chi connectivity index (χ0n) is 13.3. The molecule has 7 nitrogen and oxygen atoms in total. The summed E-state index contributed by atoms with van der Waals surface area (Å²) in [5, 5.41) is 22.1. The van der Waals surface area contributed by atoms with Crippen molar-refractivity contribution in [2.75, 3.05) is 11.9 Å². The first-order chi connectivity index (χ1) is 11.0. The molecule has 122 valence electrons. The highest BCUT2D eigenvalue weighted by molar-refractivity contribution is 5.90. The monoisotopic (exact) mass is 315 g/mol. The van der Waals surface area contributed by atoms with E-state index in [1.54, 1.807) is 6.07 Å². The smallest absolute Gasteiger partial charge is 0.319 e. The summed E-state index contributed by atoms with van der Waals surface area (Å²) in [5.41, 5.74) is 0.903. The molecule has 0 radical (unpaired) electrons. The Labute approximate surface area is 134 Å². The van der Waals surface area contributed by atoms with E-state index in [0.29, 0.717) is 17.4 Å². The number of aromatic amines is 1. The predicted octanol–water partition coefficient (Wildman–Crippen LogP) is 2.06. The molecule has 1 aliphatic carbocycles. The van der Waals surface area contributed by atoms with Crippen LogP contribution in [0.15, 0.2) is 24.3 Å². The summed E-state index contributed by atoms with van der Waals surface area (Å²) >= 11 is 0. The summed E-state index contributed by atoms with van der Waals surface area (Å²) in [6, 6.07) is 7.01. The van der Waals surface area contributed by atoms with Gasteiger partial charge in [0.15, 0.2) is 5.82 Å². The lowest BCUT2D eigenvalue weighted by atomic mass is 9.97. The number of aryl methyl sites for hydroxylation is 1. The Morgan fingerprint density at radius 1 is 1.48 bits per heavy atom. The second-order valence-corrected chi connectivity index (χ2v) is 6.25. The molecular weight excluding hydrogens is 294 g/mol. The largest absolute Gasteiger partial charge is 0.394 e. The molecule has 1 fully saturated rings. The van der Waals surface area contributed by atoms with Gasteiger partial charge in [0.2, 0.25) is 0 Å². The number of hydrogen-bond donors (Lipinski definition) is 4. The fraction of sp³-hybridized carbons (Fsp3) is 0.438. The number of urea groups is 1. The van der Waals surface area contributed by atoms with E-state index in [2.05, 4.69) is 25.8 Å². The van der Waals surface area contributed by atoms with E-state index in [4.69, 9.17) is 0 Å². The van der Waals surface area contributed by atoms with E-state index in [9.17, 15) is 9.90 Å². The molecule has 1 saturated carbocycles. The van der Waals surface area contributed by atoms with E-state index >= 15 is 0 Å². The number of carbonyl (C=O) groups excluding carboxylic acids is 1. The molecule has 1 unspecified atom stereocenters. The second-order valence-electron chi connectivity index (χ2n) is 6.25. The van der Waals surface area contributed by atoms with Crippen LogP contribution in [-0.4, -0.2) is 38.5 Å². The van der Waals surface area contributed by atoms with Crippen LogP contribution in [0.2, 0.25) is 0 Å². The fourth-order valence-corrected chi connectivity index (χ4v) is 2.62. The van der Waals surface area contributed by atoms with Crippen molar-refractivity contribution in [3.8, 4) is 11.4 Å². The number of nitrogens with one attached hydrogen (secondary N) is 3. The second kappa shape index (κ2) is 6.00. The molecule has 7 heteroatoms. The van der Waals surface area contributed by atoms with Gasteiger partial charge in [0, 0.05) is 11.3 Å². The van der Waals surface area contributed by atoms with Crippen LogP contribution in [-0.2, 0) is 0 Å². The van der Waals surface area contributed by atoms with Gasteiger partial charge in [0.1, 0.15) is 5.82 Å². The van der Waals surface area contributed by atoms with Gasteiger partial charge in [-0.05, 0) is 44.7 Å². The molecule has 0 bridgehead atoms. The summed E-state index contributed by atoms with van der Waals surface area (Å²) in [5.74, 6) is 1.67. The number of anilines is 1. The van der Waals surface area contributed by atoms with Crippen LogP contribution < -0.4 is 10.6 Å². The third kappa shape index (κ3) is 3.50. The average Bonchev–Trinajstić information content (AvgIpc) is 3.30. The molecule has 4 N–H and O–H groups in total. The first-order valence-electron chi connectivity index (χ1n) is 7.69. The minimum absolute atomic E-state index is 0.0679. The van der Waals surface area contributed by atoms with Gasteiger partial charge in [-0.1, -0.05) is 12.1 Å². The summed E-state index contributed by atoms with van der Waals surface area (Å²) < 4.78 is 0. The maximum absolute atomic E-state index is 12.2. The van der Waals surface area contributed by atoms with Crippen LogP contribution in [0.4, 0.5) is 10.5 Å². The van der Waals surface area contributed by atoms with Crippen LogP contribution in [0, 0.1) is 12.8 Å². The van der Waals surface area contributed by atoms with Crippen LogP contribution in [0.5, 0.6) is 0 Å². The lowest BCUT2D eigenvalue weighted by molar-refractivity contribution is 0.159. The summed E-state index contributed by atoms with van der Waals surface area (Å²) in [7, 11) is 0. The lowest BCUT2D eigenvalue weighted by Gasteiger charge is -2.28. The molecule has 1 aliphatic rings. The van der Waals surface area contributed by atoms with Gasteiger partial charge in [-0.2, -0.15) is 5.10 Å². The molecule has 0 saturated heterocycles. The van der Waals surface area contributed by atoms with E-state index in [0.717, 1.165) is 24.2 Å². The maximum atomic E-state index is 12.2. The number of carbonyl (C=O) groups is 1. The van der Waals surface area contributed by atoms with Crippen LogP contribution in [0.3, 0.4) is 0 Å². The number of rotatable bonds is 5. The number of aliphatic hydroxyl groups excluding tert-OH is 1. The van der Waals surface area contributed by atoms with Crippen LogP contribution in [0.25, 0.3) is 11.4 Å². The van der Waals surface area contributed by atoms with Gasteiger partial charge in [0.05, 0.1) is 12.1 Å². The highest BCUT2D eigenvalue weighted by atomic mass is 16.3. The number of benzene rings is 1. The molecule has 2 aromatic rings. The van der Waals surface area contributed by atoms with Crippen molar-refractivity contribution in [2.24, 2.45) is 5.92 Å². The zero-order valence-corrected chi connectivity index (χ0v) is 13.3. The van der Waals surface area contributed by atoms with Gasteiger partial charge in [0.25, 0.3) is 0 Å². The number of aromatic nitrogens is 3. The molecule has 23 heavy (non-hydrogen) atoms. The topological polar surface area (TPSA) is 103 Å². The number of H-pyrrole nitrogens is 1. The van der Waals surface area contributed by atoms with E-state index in [1.165, 1.54) is 0 Å². The van der Waals surface area contributed by atoms with Crippen molar-refractivity contribution in [1.29, 1.82) is 0 Å². The standard InChI is InChI=1S/C16H21N5O2/c1-10-17-14(21-20-10)11-4-3-5-13(8-11)18-15(23)19-16(2,9-22)12-6-7-12/h3-5,8,12,22H,6-7,9H2,1-2H3,(H,17,20,21)(H2,18,19,23). The van der Waals surface area contributed by atoms with E-state index in [-0.39, 0.29) is 12.6 Å². The molecule has 0 aliphatic heterocycles. The normalized spacial score (nSPS) is 16.7. The zero-order chi connectivity index (χ0) is 16.4. The average molecular weight is 315 g/mol. The Hall–Kier alpha value is -2.41. The summed E-state index contributed by atoms with van der Waals surface area (Å²) in [4.78, 5) is 16.5. The van der Waals surface area contributed by atoms with Crippen molar-refractivity contribution in [1.82, 2.24) is 20.5 Å².